The predicted molar refractivity (Wildman–Crippen MR) is 123 cm³/mol. The lowest BCUT2D eigenvalue weighted by molar-refractivity contribution is 0.0952. The number of ether oxygens (including phenoxy) is 1. The van der Waals surface area contributed by atoms with Crippen molar-refractivity contribution in [1.29, 1.82) is 0 Å². The van der Waals surface area contributed by atoms with E-state index in [1.807, 2.05) is 18.2 Å². The first-order chi connectivity index (χ1) is 15.1. The van der Waals surface area contributed by atoms with Crippen molar-refractivity contribution < 1.29 is 9.53 Å². The number of pyridine rings is 1. The molecule has 0 radical (unpaired) electrons. The molecule has 0 spiro atoms. The van der Waals surface area contributed by atoms with Crippen molar-refractivity contribution in [2.75, 3.05) is 31.6 Å². The van der Waals surface area contributed by atoms with Gasteiger partial charge in [-0.3, -0.25) is 14.2 Å². The highest BCUT2D eigenvalue weighted by molar-refractivity contribution is 5.95. The minimum Gasteiger partial charge on any atom is -0.495 e. The second-order valence-corrected chi connectivity index (χ2v) is 7.70. The molecule has 0 fully saturated rings. The van der Waals surface area contributed by atoms with E-state index < -0.39 is 0 Å². The fraction of sp³-hybridized carbons (Fsp3) is 0.280. The van der Waals surface area contributed by atoms with E-state index in [9.17, 15) is 9.59 Å². The van der Waals surface area contributed by atoms with Crippen molar-refractivity contribution in [1.82, 2.24) is 9.88 Å². The molecule has 0 unspecified atom stereocenters. The van der Waals surface area contributed by atoms with Gasteiger partial charge in [0.25, 0.3) is 11.5 Å². The number of rotatable bonds is 6. The first-order valence-corrected chi connectivity index (χ1v) is 10.6. The standard InChI is InChI=1S/C25H27N3O3/c1-18-13-16-28(21-11-5-6-12-22(21)31-2)25(30)23(18)24(29)26-14-17-27-15-7-9-19-8-3-4-10-20(19)27/h3-6,8,10-13,16H,7,9,14-15,17H2,1-2H3,(H,26,29). The van der Waals surface area contributed by atoms with Gasteiger partial charge < -0.3 is 15.0 Å². The number of carbonyl (C=O) groups excluding carboxylic acids is 1. The topological polar surface area (TPSA) is 63.6 Å². The molecule has 0 saturated carbocycles. The van der Waals surface area contributed by atoms with Crippen LogP contribution < -0.4 is 20.5 Å². The van der Waals surface area contributed by atoms with E-state index in [4.69, 9.17) is 4.74 Å². The molecule has 1 N–H and O–H groups in total. The molecule has 0 atom stereocenters. The monoisotopic (exact) mass is 417 g/mol. The molecular weight excluding hydrogens is 390 g/mol. The molecule has 160 valence electrons. The summed E-state index contributed by atoms with van der Waals surface area (Å²) < 4.78 is 6.84. The molecule has 2 heterocycles. The van der Waals surface area contributed by atoms with E-state index in [0.717, 1.165) is 19.4 Å². The second-order valence-electron chi connectivity index (χ2n) is 7.70. The summed E-state index contributed by atoms with van der Waals surface area (Å²) in [6.07, 6.45) is 3.87. The number of carbonyl (C=O) groups is 1. The number of fused-ring (bicyclic) bond motifs is 1. The first-order valence-electron chi connectivity index (χ1n) is 10.6. The largest absolute Gasteiger partial charge is 0.495 e. The Balaban J connectivity index is 1.51. The highest BCUT2D eigenvalue weighted by Crippen LogP contribution is 2.26. The van der Waals surface area contributed by atoms with Gasteiger partial charge in [-0.05, 0) is 55.2 Å². The maximum absolute atomic E-state index is 13.2. The lowest BCUT2D eigenvalue weighted by Gasteiger charge is -2.31. The Kier molecular flexibility index (Phi) is 6.07. The van der Waals surface area contributed by atoms with Crippen LogP contribution in [0.5, 0.6) is 5.75 Å². The number of nitrogens with zero attached hydrogens (tertiary/aromatic N) is 2. The highest BCUT2D eigenvalue weighted by Gasteiger charge is 2.19. The quantitative estimate of drug-likeness (QED) is 0.668. The van der Waals surface area contributed by atoms with Gasteiger partial charge in [0.05, 0.1) is 12.8 Å². The minimum atomic E-state index is -0.356. The molecule has 0 saturated heterocycles. The lowest BCUT2D eigenvalue weighted by Crippen LogP contribution is -2.39. The van der Waals surface area contributed by atoms with Crippen LogP contribution in [0.15, 0.2) is 65.6 Å². The fourth-order valence-corrected chi connectivity index (χ4v) is 4.16. The van der Waals surface area contributed by atoms with Crippen molar-refractivity contribution in [3.63, 3.8) is 0 Å². The van der Waals surface area contributed by atoms with Gasteiger partial charge in [-0.2, -0.15) is 0 Å². The zero-order chi connectivity index (χ0) is 21.8. The molecule has 4 rings (SSSR count). The molecule has 31 heavy (non-hydrogen) atoms. The molecule has 2 aromatic carbocycles. The van der Waals surface area contributed by atoms with Crippen molar-refractivity contribution in [2.24, 2.45) is 0 Å². The van der Waals surface area contributed by atoms with Gasteiger partial charge >= 0.3 is 0 Å². The van der Waals surface area contributed by atoms with Crippen LogP contribution in [0.25, 0.3) is 5.69 Å². The third-order valence-electron chi connectivity index (χ3n) is 5.75. The van der Waals surface area contributed by atoms with Crippen LogP contribution in [-0.2, 0) is 6.42 Å². The summed E-state index contributed by atoms with van der Waals surface area (Å²) in [4.78, 5) is 28.4. The van der Waals surface area contributed by atoms with Crippen LogP contribution in [0.3, 0.4) is 0 Å². The molecule has 3 aromatic rings. The van der Waals surface area contributed by atoms with E-state index in [1.54, 1.807) is 38.4 Å². The number of benzene rings is 2. The summed E-state index contributed by atoms with van der Waals surface area (Å²) in [5, 5.41) is 2.94. The van der Waals surface area contributed by atoms with Crippen LogP contribution >= 0.6 is 0 Å². The Bertz CT molecular complexity index is 1150. The summed E-state index contributed by atoms with van der Waals surface area (Å²) in [7, 11) is 1.56. The van der Waals surface area contributed by atoms with Gasteiger partial charge in [0.1, 0.15) is 11.3 Å². The molecule has 0 aliphatic carbocycles. The van der Waals surface area contributed by atoms with Gasteiger partial charge in [0.2, 0.25) is 0 Å². The number of aryl methyl sites for hydroxylation is 2. The van der Waals surface area contributed by atoms with Crippen LogP contribution in [-0.4, -0.2) is 37.2 Å². The minimum absolute atomic E-state index is 0.160. The summed E-state index contributed by atoms with van der Waals surface area (Å²) in [5.41, 5.74) is 3.64. The number of hydrogen-bond acceptors (Lipinski definition) is 4. The third kappa shape index (κ3) is 4.19. The number of anilines is 1. The predicted octanol–water partition coefficient (Wildman–Crippen LogP) is 3.34. The van der Waals surface area contributed by atoms with Crippen molar-refractivity contribution >= 4 is 11.6 Å². The van der Waals surface area contributed by atoms with Crippen LogP contribution in [0.4, 0.5) is 5.69 Å². The van der Waals surface area contributed by atoms with E-state index in [1.165, 1.54) is 15.8 Å². The molecule has 1 aliphatic heterocycles. The molecular formula is C25H27N3O3. The molecule has 1 aromatic heterocycles. The molecule has 0 bridgehead atoms. The van der Waals surface area contributed by atoms with Gasteiger partial charge in [-0.15, -0.1) is 0 Å². The zero-order valence-corrected chi connectivity index (χ0v) is 17.9. The second kappa shape index (κ2) is 9.08. The first kappa shape index (κ1) is 20.7. The third-order valence-corrected chi connectivity index (χ3v) is 5.75. The van der Waals surface area contributed by atoms with Gasteiger partial charge in [0, 0.05) is 31.5 Å². The number of hydrogen-bond donors (Lipinski definition) is 1. The number of methoxy groups -OCH3 is 1. The number of nitrogens with one attached hydrogen (secondary N) is 1. The van der Waals surface area contributed by atoms with E-state index in [-0.39, 0.29) is 17.0 Å². The highest BCUT2D eigenvalue weighted by atomic mass is 16.5. The van der Waals surface area contributed by atoms with E-state index >= 15 is 0 Å². The zero-order valence-electron chi connectivity index (χ0n) is 17.9. The van der Waals surface area contributed by atoms with Gasteiger partial charge in [-0.25, -0.2) is 0 Å². The fourth-order valence-electron chi connectivity index (χ4n) is 4.16. The van der Waals surface area contributed by atoms with Gasteiger partial charge in [0.15, 0.2) is 0 Å². The summed E-state index contributed by atoms with van der Waals surface area (Å²) in [6.45, 7) is 3.92. The Morgan fingerprint density at radius 2 is 1.81 bits per heavy atom. The lowest BCUT2D eigenvalue weighted by atomic mass is 10.0. The van der Waals surface area contributed by atoms with E-state index in [0.29, 0.717) is 30.1 Å². The average molecular weight is 418 g/mol. The van der Waals surface area contributed by atoms with Crippen LogP contribution in [0.1, 0.15) is 27.9 Å². The van der Waals surface area contributed by atoms with Crippen molar-refractivity contribution in [2.45, 2.75) is 19.8 Å². The van der Waals surface area contributed by atoms with E-state index in [2.05, 4.69) is 28.4 Å². The molecule has 6 nitrogen and oxygen atoms in total. The van der Waals surface area contributed by atoms with Crippen molar-refractivity contribution in [3.05, 3.63) is 87.8 Å². The summed E-state index contributed by atoms with van der Waals surface area (Å²) in [5.74, 6) is 0.223. The molecule has 1 aliphatic rings. The van der Waals surface area contributed by atoms with Crippen LogP contribution in [0.2, 0.25) is 0 Å². The number of amides is 1. The average Bonchev–Trinajstić information content (AvgIpc) is 2.79. The Morgan fingerprint density at radius 1 is 1.06 bits per heavy atom. The van der Waals surface area contributed by atoms with Crippen molar-refractivity contribution in [3.8, 4) is 11.4 Å². The Morgan fingerprint density at radius 3 is 2.61 bits per heavy atom. The normalized spacial score (nSPS) is 12.9. The SMILES string of the molecule is COc1ccccc1-n1ccc(C)c(C(=O)NCCN2CCCc3ccccc32)c1=O. The number of para-hydroxylation sites is 3. The summed E-state index contributed by atoms with van der Waals surface area (Å²) in [6, 6.07) is 17.4. The summed E-state index contributed by atoms with van der Waals surface area (Å²) >= 11 is 0. The maximum atomic E-state index is 13.2. The Labute approximate surface area is 182 Å². The van der Waals surface area contributed by atoms with Gasteiger partial charge in [-0.1, -0.05) is 30.3 Å². The maximum Gasteiger partial charge on any atom is 0.268 e. The number of aromatic nitrogens is 1. The molecule has 6 heteroatoms. The Hall–Kier alpha value is -3.54. The smallest absolute Gasteiger partial charge is 0.268 e. The molecule has 1 amide bonds. The van der Waals surface area contributed by atoms with Crippen LogP contribution in [0, 0.1) is 6.92 Å².